The minimum absolute atomic E-state index is 0.0521. The van der Waals surface area contributed by atoms with Crippen LogP contribution in [0.2, 0.25) is 0 Å². The van der Waals surface area contributed by atoms with Crippen LogP contribution in [0.5, 0.6) is 0 Å². The molecule has 0 radical (unpaired) electrons. The lowest BCUT2D eigenvalue weighted by Gasteiger charge is -2.16. The maximum atomic E-state index is 11.9. The lowest BCUT2D eigenvalue weighted by Crippen LogP contribution is -2.36. The van der Waals surface area contributed by atoms with Gasteiger partial charge in [-0.3, -0.25) is 4.79 Å². The number of nitrogens with two attached hydrogens (primary N) is 1. The maximum absolute atomic E-state index is 11.9. The number of hydrogen-bond donors (Lipinski definition) is 4. The van der Waals surface area contributed by atoms with Crippen molar-refractivity contribution in [2.75, 3.05) is 58.5 Å². The molecular formula is C18H34N4O6S. The van der Waals surface area contributed by atoms with E-state index in [1.807, 2.05) is 11.8 Å². The summed E-state index contributed by atoms with van der Waals surface area (Å²) in [5, 5.41) is 9.25. The zero-order valence-corrected chi connectivity index (χ0v) is 17.7. The normalized spacial score (nSPS) is 22.9. The van der Waals surface area contributed by atoms with Gasteiger partial charge in [-0.2, -0.15) is 11.8 Å². The number of nitrogens with one attached hydrogen (secondary N) is 3. The van der Waals surface area contributed by atoms with E-state index in [1.54, 1.807) is 0 Å². The van der Waals surface area contributed by atoms with E-state index < -0.39 is 0 Å². The summed E-state index contributed by atoms with van der Waals surface area (Å²) in [6, 6.07) is 0.443. The molecule has 0 saturated carbocycles. The first-order chi connectivity index (χ1) is 14.2. The molecule has 168 valence electrons. The Bertz CT molecular complexity index is 487. The van der Waals surface area contributed by atoms with E-state index in [4.69, 9.17) is 20.1 Å². The third-order valence-electron chi connectivity index (χ3n) is 4.74. The van der Waals surface area contributed by atoms with Gasteiger partial charge < -0.3 is 35.0 Å². The molecule has 2 fully saturated rings. The van der Waals surface area contributed by atoms with E-state index in [-0.39, 0.29) is 24.0 Å². The predicted octanol–water partition coefficient (Wildman–Crippen LogP) is -0.231. The van der Waals surface area contributed by atoms with Gasteiger partial charge in [0.15, 0.2) is 0 Å². The van der Waals surface area contributed by atoms with Crippen molar-refractivity contribution < 1.29 is 28.6 Å². The standard InChI is InChI=1S/C18H34N4O6S/c19-28-12-11-27-10-9-26-8-7-25-6-5-20-16(23)4-2-1-3-15-17-14(13-29-15)21-18(24)22-17/h14-15,17H,1-13,19H2,(H,20,23)(H2,21,22,24)/t14-,15-,17+/m0/s1. The third kappa shape index (κ3) is 9.96. The highest BCUT2D eigenvalue weighted by Crippen LogP contribution is 2.33. The van der Waals surface area contributed by atoms with Gasteiger partial charge in [0.2, 0.25) is 5.91 Å². The molecule has 0 aromatic rings. The molecule has 0 aliphatic carbocycles. The molecule has 10 nitrogen and oxygen atoms in total. The van der Waals surface area contributed by atoms with E-state index in [2.05, 4.69) is 20.8 Å². The Labute approximate surface area is 176 Å². The van der Waals surface area contributed by atoms with Crippen LogP contribution in [0.3, 0.4) is 0 Å². The average molecular weight is 435 g/mol. The SMILES string of the molecule is NOCCOCCOCCOCCNC(=O)CCCC[C@@H]1SC[C@@H]2NC(=O)N[C@H]21. The molecule has 2 saturated heterocycles. The number of amides is 3. The average Bonchev–Trinajstić information content (AvgIpc) is 3.25. The van der Waals surface area contributed by atoms with Gasteiger partial charge in [-0.05, 0) is 12.8 Å². The molecule has 2 aliphatic heterocycles. The largest absolute Gasteiger partial charge is 0.377 e. The molecule has 3 amide bonds. The number of thioether (sulfide) groups is 1. The van der Waals surface area contributed by atoms with E-state index in [0.29, 0.717) is 64.5 Å². The van der Waals surface area contributed by atoms with Gasteiger partial charge in [0.25, 0.3) is 0 Å². The number of hydrogen-bond acceptors (Lipinski definition) is 8. The zero-order valence-electron chi connectivity index (χ0n) is 16.9. The van der Waals surface area contributed by atoms with Crippen molar-refractivity contribution in [1.82, 2.24) is 16.0 Å². The van der Waals surface area contributed by atoms with Crippen molar-refractivity contribution in [2.24, 2.45) is 5.90 Å². The van der Waals surface area contributed by atoms with E-state index in [1.165, 1.54) is 0 Å². The highest BCUT2D eigenvalue weighted by atomic mass is 32.2. The second-order valence-corrected chi connectivity index (χ2v) is 8.20. The topological polar surface area (TPSA) is 133 Å². The minimum atomic E-state index is -0.0543. The number of ether oxygens (including phenoxy) is 3. The number of urea groups is 1. The molecule has 2 heterocycles. The summed E-state index contributed by atoms with van der Waals surface area (Å²) < 4.78 is 16.0. The molecule has 2 rings (SSSR count). The van der Waals surface area contributed by atoms with Crippen molar-refractivity contribution in [1.29, 1.82) is 0 Å². The Kier molecular flexibility index (Phi) is 12.3. The Morgan fingerprint density at radius 2 is 1.72 bits per heavy atom. The predicted molar refractivity (Wildman–Crippen MR) is 110 cm³/mol. The molecular weight excluding hydrogens is 400 g/mol. The lowest BCUT2D eigenvalue weighted by atomic mass is 10.0. The Morgan fingerprint density at radius 1 is 1.03 bits per heavy atom. The fourth-order valence-corrected chi connectivity index (χ4v) is 4.82. The van der Waals surface area contributed by atoms with Crippen LogP contribution in [-0.4, -0.2) is 87.8 Å². The fourth-order valence-electron chi connectivity index (χ4n) is 3.27. The summed E-state index contributed by atoms with van der Waals surface area (Å²) in [7, 11) is 0. The number of fused-ring (bicyclic) bond motifs is 1. The van der Waals surface area contributed by atoms with Gasteiger partial charge >= 0.3 is 6.03 Å². The first kappa shape index (κ1) is 24.2. The summed E-state index contributed by atoms with van der Waals surface area (Å²) in [4.78, 5) is 27.6. The van der Waals surface area contributed by atoms with Crippen molar-refractivity contribution in [3.05, 3.63) is 0 Å². The van der Waals surface area contributed by atoms with Gasteiger partial charge in [-0.15, -0.1) is 0 Å². The smallest absolute Gasteiger partial charge is 0.315 e. The molecule has 0 unspecified atom stereocenters. The maximum Gasteiger partial charge on any atom is 0.315 e. The highest BCUT2D eigenvalue weighted by Gasteiger charge is 2.42. The quantitative estimate of drug-likeness (QED) is 0.140. The van der Waals surface area contributed by atoms with Crippen LogP contribution in [0.15, 0.2) is 0 Å². The van der Waals surface area contributed by atoms with Gasteiger partial charge in [0, 0.05) is 24.0 Å². The van der Waals surface area contributed by atoms with Crippen molar-refractivity contribution in [3.63, 3.8) is 0 Å². The van der Waals surface area contributed by atoms with Crippen LogP contribution >= 0.6 is 11.8 Å². The summed E-state index contributed by atoms with van der Waals surface area (Å²) in [6.07, 6.45) is 3.39. The zero-order chi connectivity index (χ0) is 20.7. The molecule has 3 atom stereocenters. The monoisotopic (exact) mass is 434 g/mol. The summed E-state index contributed by atoms with van der Waals surface area (Å²) >= 11 is 1.90. The van der Waals surface area contributed by atoms with Crippen LogP contribution in [0.1, 0.15) is 25.7 Å². The molecule has 29 heavy (non-hydrogen) atoms. The Balaban J connectivity index is 1.33. The van der Waals surface area contributed by atoms with Crippen molar-refractivity contribution in [2.45, 2.75) is 43.0 Å². The van der Waals surface area contributed by atoms with Gasteiger partial charge in [-0.25, -0.2) is 10.7 Å². The summed E-state index contributed by atoms with van der Waals surface area (Å²) in [6.45, 7) is 3.74. The fraction of sp³-hybridized carbons (Fsp3) is 0.889. The van der Waals surface area contributed by atoms with Crippen LogP contribution in [0.4, 0.5) is 4.79 Å². The first-order valence-corrected chi connectivity index (χ1v) is 11.3. The van der Waals surface area contributed by atoms with E-state index in [0.717, 1.165) is 25.0 Å². The molecule has 11 heteroatoms. The van der Waals surface area contributed by atoms with Gasteiger partial charge in [0.1, 0.15) is 0 Å². The Morgan fingerprint density at radius 3 is 2.45 bits per heavy atom. The first-order valence-electron chi connectivity index (χ1n) is 10.2. The molecule has 0 aromatic carbocycles. The Hall–Kier alpha value is -1.11. The van der Waals surface area contributed by atoms with E-state index in [9.17, 15) is 9.59 Å². The number of carbonyl (C=O) groups is 2. The third-order valence-corrected chi connectivity index (χ3v) is 6.25. The molecule has 0 bridgehead atoms. The summed E-state index contributed by atoms with van der Waals surface area (Å²) in [5.74, 6) is 5.89. The molecule has 2 aliphatic rings. The van der Waals surface area contributed by atoms with Crippen LogP contribution in [-0.2, 0) is 23.8 Å². The molecule has 5 N–H and O–H groups in total. The minimum Gasteiger partial charge on any atom is -0.377 e. The van der Waals surface area contributed by atoms with Crippen LogP contribution in [0.25, 0.3) is 0 Å². The van der Waals surface area contributed by atoms with Crippen molar-refractivity contribution in [3.8, 4) is 0 Å². The number of unbranched alkanes of at least 4 members (excludes halogenated alkanes) is 1. The second kappa shape index (κ2) is 14.8. The van der Waals surface area contributed by atoms with Crippen LogP contribution < -0.4 is 21.8 Å². The van der Waals surface area contributed by atoms with Gasteiger partial charge in [-0.1, -0.05) is 6.42 Å². The molecule has 0 spiro atoms. The lowest BCUT2D eigenvalue weighted by molar-refractivity contribution is -0.121. The van der Waals surface area contributed by atoms with Crippen LogP contribution in [0, 0.1) is 0 Å². The highest BCUT2D eigenvalue weighted by molar-refractivity contribution is 8.00. The molecule has 0 aromatic heterocycles. The number of carbonyl (C=O) groups excluding carboxylic acids is 2. The van der Waals surface area contributed by atoms with E-state index >= 15 is 0 Å². The second-order valence-electron chi connectivity index (χ2n) is 6.93. The summed E-state index contributed by atoms with van der Waals surface area (Å²) in [5.41, 5.74) is 0. The van der Waals surface area contributed by atoms with Crippen molar-refractivity contribution >= 4 is 23.7 Å². The number of rotatable bonds is 17. The van der Waals surface area contributed by atoms with Gasteiger partial charge in [0.05, 0.1) is 58.3 Å².